The van der Waals surface area contributed by atoms with Crippen LogP contribution in [0.4, 0.5) is 14.5 Å². The summed E-state index contributed by atoms with van der Waals surface area (Å²) < 4.78 is 34.1. The van der Waals surface area contributed by atoms with Crippen LogP contribution in [0.15, 0.2) is 71.2 Å². The van der Waals surface area contributed by atoms with Crippen molar-refractivity contribution in [2.75, 3.05) is 0 Å². The monoisotopic (exact) mass is 385 g/mol. The number of alkyl halides is 2. The molecule has 0 fully saturated rings. The van der Waals surface area contributed by atoms with Crippen LogP contribution in [0.3, 0.4) is 0 Å². The largest absolute Gasteiger partial charge is 0.457 e. The van der Waals surface area contributed by atoms with Crippen LogP contribution in [0, 0.1) is 10.1 Å². The standard InChI is InChI=1S/C20H13F2NO5/c21-20(22)28-17-7-3-13(4-8-17)18(24)11-9-16-10-12-19(27-16)14-1-5-15(6-2-14)23(25)26/h1-12,20H/b11-9+. The summed E-state index contributed by atoms with van der Waals surface area (Å²) in [5.74, 6) is 0.543. The van der Waals surface area contributed by atoms with Gasteiger partial charge in [0.1, 0.15) is 17.3 Å². The van der Waals surface area contributed by atoms with Crippen molar-refractivity contribution < 1.29 is 27.7 Å². The third-order valence-electron chi connectivity index (χ3n) is 3.75. The second kappa shape index (κ2) is 8.26. The highest BCUT2D eigenvalue weighted by Crippen LogP contribution is 2.25. The predicted molar refractivity (Wildman–Crippen MR) is 97.2 cm³/mol. The van der Waals surface area contributed by atoms with Gasteiger partial charge in [-0.05, 0) is 60.7 Å². The topological polar surface area (TPSA) is 82.6 Å². The Morgan fingerprint density at radius 1 is 1.04 bits per heavy atom. The Labute approximate surface area is 157 Å². The third-order valence-corrected chi connectivity index (χ3v) is 3.75. The number of rotatable bonds is 7. The lowest BCUT2D eigenvalue weighted by atomic mass is 10.1. The van der Waals surface area contributed by atoms with Gasteiger partial charge in [0.2, 0.25) is 0 Å². The van der Waals surface area contributed by atoms with Crippen molar-refractivity contribution in [3.8, 4) is 17.1 Å². The Bertz CT molecular complexity index is 1010. The molecule has 0 bridgehead atoms. The molecule has 0 saturated carbocycles. The third kappa shape index (κ3) is 4.67. The molecule has 1 aromatic heterocycles. The number of carbonyl (C=O) groups excluding carboxylic acids is 1. The lowest BCUT2D eigenvalue weighted by Gasteiger charge is -2.04. The number of hydrogen-bond donors (Lipinski definition) is 0. The molecule has 0 aliphatic rings. The number of non-ortho nitro benzene ring substituents is 1. The van der Waals surface area contributed by atoms with Gasteiger partial charge in [0.05, 0.1) is 4.92 Å². The Hall–Kier alpha value is -3.81. The van der Waals surface area contributed by atoms with Gasteiger partial charge in [-0.3, -0.25) is 14.9 Å². The number of halogens is 2. The van der Waals surface area contributed by atoms with Gasteiger partial charge in [-0.2, -0.15) is 8.78 Å². The summed E-state index contributed by atoms with van der Waals surface area (Å²) in [4.78, 5) is 22.3. The highest BCUT2D eigenvalue weighted by atomic mass is 19.3. The summed E-state index contributed by atoms with van der Waals surface area (Å²) in [6.07, 6.45) is 2.77. The van der Waals surface area contributed by atoms with E-state index in [0.29, 0.717) is 22.6 Å². The van der Waals surface area contributed by atoms with Crippen molar-refractivity contribution >= 4 is 17.5 Å². The van der Waals surface area contributed by atoms with E-state index in [2.05, 4.69) is 4.74 Å². The molecule has 0 aliphatic heterocycles. The van der Waals surface area contributed by atoms with Crippen LogP contribution in [-0.4, -0.2) is 17.3 Å². The smallest absolute Gasteiger partial charge is 0.387 e. The molecule has 0 spiro atoms. The minimum absolute atomic E-state index is 0.0222. The number of benzene rings is 2. The van der Waals surface area contributed by atoms with E-state index in [1.165, 1.54) is 48.6 Å². The molecule has 0 unspecified atom stereocenters. The minimum Gasteiger partial charge on any atom is -0.457 e. The average molecular weight is 385 g/mol. The lowest BCUT2D eigenvalue weighted by Crippen LogP contribution is -2.02. The maximum absolute atomic E-state index is 12.1. The summed E-state index contributed by atoms with van der Waals surface area (Å²) >= 11 is 0. The summed E-state index contributed by atoms with van der Waals surface area (Å²) in [5, 5.41) is 10.7. The Morgan fingerprint density at radius 2 is 1.71 bits per heavy atom. The zero-order chi connectivity index (χ0) is 20.1. The Morgan fingerprint density at radius 3 is 2.32 bits per heavy atom. The van der Waals surface area contributed by atoms with Gasteiger partial charge in [0, 0.05) is 23.3 Å². The van der Waals surface area contributed by atoms with Crippen molar-refractivity contribution in [2.24, 2.45) is 0 Å². The van der Waals surface area contributed by atoms with Crippen molar-refractivity contribution in [1.29, 1.82) is 0 Å². The van der Waals surface area contributed by atoms with Crippen LogP contribution in [0.1, 0.15) is 16.1 Å². The molecule has 142 valence electrons. The Balaban J connectivity index is 1.67. The van der Waals surface area contributed by atoms with Gasteiger partial charge < -0.3 is 9.15 Å². The summed E-state index contributed by atoms with van der Waals surface area (Å²) in [6, 6.07) is 14.6. The summed E-state index contributed by atoms with van der Waals surface area (Å²) in [6.45, 7) is -2.93. The maximum atomic E-state index is 12.1. The fraction of sp³-hybridized carbons (Fsp3) is 0.0500. The highest BCUT2D eigenvalue weighted by Gasteiger charge is 2.09. The summed E-state index contributed by atoms with van der Waals surface area (Å²) in [7, 11) is 0. The van der Waals surface area contributed by atoms with Gasteiger partial charge >= 0.3 is 6.61 Å². The van der Waals surface area contributed by atoms with Crippen molar-refractivity contribution in [3.63, 3.8) is 0 Å². The Kier molecular flexibility index (Phi) is 5.59. The van der Waals surface area contributed by atoms with Crippen molar-refractivity contribution in [2.45, 2.75) is 6.61 Å². The molecule has 0 aliphatic carbocycles. The van der Waals surface area contributed by atoms with E-state index in [-0.39, 0.29) is 17.2 Å². The molecule has 0 radical (unpaired) electrons. The van der Waals surface area contributed by atoms with Crippen LogP contribution >= 0.6 is 0 Å². The SMILES string of the molecule is O=C(/C=C/c1ccc(-c2ccc([N+](=O)[O-])cc2)o1)c1ccc(OC(F)F)cc1. The molecule has 1 heterocycles. The molecule has 6 nitrogen and oxygen atoms in total. The molecule has 28 heavy (non-hydrogen) atoms. The van der Waals surface area contributed by atoms with Crippen molar-refractivity contribution in [1.82, 2.24) is 0 Å². The van der Waals surface area contributed by atoms with Crippen LogP contribution in [0.2, 0.25) is 0 Å². The fourth-order valence-corrected chi connectivity index (χ4v) is 2.40. The molecule has 8 heteroatoms. The van der Waals surface area contributed by atoms with Crippen LogP contribution in [0.5, 0.6) is 5.75 Å². The molecule has 3 rings (SSSR count). The molecule has 0 saturated heterocycles. The van der Waals surface area contributed by atoms with Gasteiger partial charge in [0.25, 0.3) is 5.69 Å². The van der Waals surface area contributed by atoms with E-state index in [9.17, 15) is 23.7 Å². The number of nitro groups is 1. The molecule has 0 amide bonds. The van der Waals surface area contributed by atoms with E-state index in [4.69, 9.17) is 4.42 Å². The van der Waals surface area contributed by atoms with Crippen LogP contribution < -0.4 is 4.74 Å². The number of nitro benzene ring substituents is 1. The molecule has 3 aromatic rings. The number of carbonyl (C=O) groups is 1. The first-order chi connectivity index (χ1) is 13.4. The molecular weight excluding hydrogens is 372 g/mol. The molecule has 0 N–H and O–H groups in total. The zero-order valence-corrected chi connectivity index (χ0v) is 14.2. The predicted octanol–water partition coefficient (Wildman–Crippen LogP) is 5.35. The van der Waals surface area contributed by atoms with Gasteiger partial charge in [-0.1, -0.05) is 0 Å². The molecule has 0 atom stereocenters. The number of furan rings is 1. The van der Waals surface area contributed by atoms with Gasteiger partial charge in [-0.15, -0.1) is 0 Å². The number of allylic oxidation sites excluding steroid dienone is 1. The number of ether oxygens (including phenoxy) is 1. The second-order valence-corrected chi connectivity index (χ2v) is 5.61. The quantitative estimate of drug-likeness (QED) is 0.237. The maximum Gasteiger partial charge on any atom is 0.387 e. The number of ketones is 1. The lowest BCUT2D eigenvalue weighted by molar-refractivity contribution is -0.384. The van der Waals surface area contributed by atoms with E-state index in [0.717, 1.165) is 0 Å². The summed E-state index contributed by atoms with van der Waals surface area (Å²) in [5.41, 5.74) is 0.942. The molecular formula is C20H13F2NO5. The average Bonchev–Trinajstić information content (AvgIpc) is 3.15. The molecule has 2 aromatic carbocycles. The first kappa shape index (κ1) is 19.0. The van der Waals surface area contributed by atoms with E-state index < -0.39 is 11.5 Å². The normalized spacial score (nSPS) is 11.1. The first-order valence-electron chi connectivity index (χ1n) is 8.04. The van der Waals surface area contributed by atoms with Gasteiger partial charge in [-0.25, -0.2) is 0 Å². The van der Waals surface area contributed by atoms with E-state index in [1.54, 1.807) is 24.3 Å². The first-order valence-corrected chi connectivity index (χ1v) is 8.04. The number of hydrogen-bond acceptors (Lipinski definition) is 5. The minimum atomic E-state index is -2.93. The van der Waals surface area contributed by atoms with E-state index >= 15 is 0 Å². The highest BCUT2D eigenvalue weighted by molar-refractivity contribution is 6.06. The number of nitrogens with zero attached hydrogens (tertiary/aromatic N) is 1. The zero-order valence-electron chi connectivity index (χ0n) is 14.2. The van der Waals surface area contributed by atoms with E-state index in [1.807, 2.05) is 0 Å². The second-order valence-electron chi connectivity index (χ2n) is 5.61. The van der Waals surface area contributed by atoms with Gasteiger partial charge in [0.15, 0.2) is 5.78 Å². The van der Waals surface area contributed by atoms with Crippen LogP contribution in [-0.2, 0) is 0 Å². The van der Waals surface area contributed by atoms with Crippen molar-refractivity contribution in [3.05, 3.63) is 88.2 Å². The fourth-order valence-electron chi connectivity index (χ4n) is 2.40. The van der Waals surface area contributed by atoms with Crippen LogP contribution in [0.25, 0.3) is 17.4 Å².